The quantitative estimate of drug-likeness (QED) is 0.670. The van der Waals surface area contributed by atoms with E-state index in [4.69, 9.17) is 16.3 Å². The van der Waals surface area contributed by atoms with Gasteiger partial charge in [-0.05, 0) is 48.0 Å². The van der Waals surface area contributed by atoms with Crippen molar-refractivity contribution in [2.24, 2.45) is 0 Å². The normalized spacial score (nSPS) is 13.8. The van der Waals surface area contributed by atoms with Gasteiger partial charge in [-0.15, -0.1) is 0 Å². The van der Waals surface area contributed by atoms with Crippen LogP contribution < -0.4 is 15.0 Å². The number of hydrogen-bond acceptors (Lipinski definition) is 5. The summed E-state index contributed by atoms with van der Waals surface area (Å²) >= 11 is 5.99. The Morgan fingerprint density at radius 2 is 1.83 bits per heavy atom. The van der Waals surface area contributed by atoms with Crippen molar-refractivity contribution in [3.63, 3.8) is 0 Å². The second-order valence-corrected chi connectivity index (χ2v) is 7.32. The molecule has 8 heteroatoms. The summed E-state index contributed by atoms with van der Waals surface area (Å²) in [5.74, 6) is 1.52. The highest BCUT2D eigenvalue weighted by Crippen LogP contribution is 2.27. The first-order valence-corrected chi connectivity index (χ1v) is 10.1. The molecule has 1 N–H and O–H groups in total. The molecular formula is C22H22ClN5O2. The van der Waals surface area contributed by atoms with Crippen LogP contribution in [-0.4, -0.2) is 47.1 Å². The fraction of sp³-hybridized carbons (Fsp3) is 0.227. The fourth-order valence-corrected chi connectivity index (χ4v) is 3.45. The summed E-state index contributed by atoms with van der Waals surface area (Å²) in [6, 6.07) is 14.6. The van der Waals surface area contributed by atoms with Crippen LogP contribution in [0.5, 0.6) is 5.75 Å². The Hall–Kier alpha value is -3.32. The summed E-state index contributed by atoms with van der Waals surface area (Å²) in [5.41, 5.74) is 1.73. The third kappa shape index (κ3) is 4.99. The van der Waals surface area contributed by atoms with Crippen LogP contribution in [0.4, 0.5) is 16.3 Å². The van der Waals surface area contributed by atoms with Crippen LogP contribution in [0, 0.1) is 0 Å². The molecule has 154 valence electrons. The molecule has 0 unspecified atom stereocenters. The van der Waals surface area contributed by atoms with Crippen molar-refractivity contribution < 1.29 is 9.53 Å². The van der Waals surface area contributed by atoms with Crippen molar-refractivity contribution in [3.05, 3.63) is 77.7 Å². The van der Waals surface area contributed by atoms with E-state index in [1.807, 2.05) is 36.4 Å². The third-order valence-corrected chi connectivity index (χ3v) is 5.07. The zero-order valence-electron chi connectivity index (χ0n) is 16.4. The third-order valence-electron chi connectivity index (χ3n) is 4.84. The Labute approximate surface area is 180 Å². The van der Waals surface area contributed by atoms with Gasteiger partial charge in [0.2, 0.25) is 0 Å². The monoisotopic (exact) mass is 423 g/mol. The zero-order valence-corrected chi connectivity index (χ0v) is 17.1. The number of pyridine rings is 2. The molecule has 2 amide bonds. The number of nitrogens with zero attached hydrogens (tertiary/aromatic N) is 4. The minimum absolute atomic E-state index is 0.132. The van der Waals surface area contributed by atoms with Crippen molar-refractivity contribution in [3.8, 4) is 5.75 Å². The number of urea groups is 1. The van der Waals surface area contributed by atoms with Crippen molar-refractivity contribution in [1.82, 2.24) is 14.9 Å². The van der Waals surface area contributed by atoms with Crippen LogP contribution in [0.2, 0.25) is 5.02 Å². The SMILES string of the molecule is O=C(Nc1cccc(Cl)c1)N1CCN(c2ncccc2OCc2ccncc2)CC1. The molecule has 7 nitrogen and oxygen atoms in total. The lowest BCUT2D eigenvalue weighted by Crippen LogP contribution is -2.50. The van der Waals surface area contributed by atoms with Crippen molar-refractivity contribution in [1.29, 1.82) is 0 Å². The molecule has 0 atom stereocenters. The van der Waals surface area contributed by atoms with E-state index in [0.29, 0.717) is 43.5 Å². The molecule has 1 fully saturated rings. The maximum Gasteiger partial charge on any atom is 0.321 e. The molecule has 30 heavy (non-hydrogen) atoms. The molecule has 1 aromatic carbocycles. The van der Waals surface area contributed by atoms with Crippen molar-refractivity contribution in [2.75, 3.05) is 36.4 Å². The van der Waals surface area contributed by atoms with Gasteiger partial charge in [0.25, 0.3) is 0 Å². The van der Waals surface area contributed by atoms with Gasteiger partial charge in [0.15, 0.2) is 11.6 Å². The lowest BCUT2D eigenvalue weighted by molar-refractivity contribution is 0.208. The number of hydrogen-bond donors (Lipinski definition) is 1. The first-order chi connectivity index (χ1) is 14.7. The molecule has 0 radical (unpaired) electrons. The molecule has 0 spiro atoms. The van der Waals surface area contributed by atoms with Crippen LogP contribution in [0.15, 0.2) is 67.1 Å². The maximum atomic E-state index is 12.6. The average Bonchev–Trinajstić information content (AvgIpc) is 2.79. The Bertz CT molecular complexity index is 994. The average molecular weight is 424 g/mol. The number of carbonyl (C=O) groups is 1. The Balaban J connectivity index is 1.35. The van der Waals surface area contributed by atoms with E-state index in [-0.39, 0.29) is 6.03 Å². The number of anilines is 2. The summed E-state index contributed by atoms with van der Waals surface area (Å²) in [6.07, 6.45) is 5.25. The lowest BCUT2D eigenvalue weighted by Gasteiger charge is -2.35. The highest BCUT2D eigenvalue weighted by Gasteiger charge is 2.24. The zero-order chi connectivity index (χ0) is 20.8. The molecular weight excluding hydrogens is 402 g/mol. The Morgan fingerprint density at radius 3 is 2.60 bits per heavy atom. The molecule has 4 rings (SSSR count). The number of ether oxygens (including phenoxy) is 1. The fourth-order valence-electron chi connectivity index (χ4n) is 3.26. The van der Waals surface area contributed by atoms with E-state index in [1.54, 1.807) is 35.6 Å². The van der Waals surface area contributed by atoms with Crippen LogP contribution in [0.25, 0.3) is 0 Å². The standard InChI is InChI=1S/C22H22ClN5O2/c23-18-3-1-4-19(15-18)26-22(29)28-13-11-27(12-14-28)21-20(5-2-8-25-21)30-16-17-6-9-24-10-7-17/h1-10,15H,11-14,16H2,(H,26,29). The minimum Gasteiger partial charge on any atom is -0.485 e. The molecule has 1 aliphatic heterocycles. The predicted molar refractivity (Wildman–Crippen MR) is 117 cm³/mol. The van der Waals surface area contributed by atoms with E-state index in [9.17, 15) is 4.79 Å². The van der Waals surface area contributed by atoms with E-state index in [1.165, 1.54) is 0 Å². The Kier molecular flexibility index (Phi) is 6.29. The summed E-state index contributed by atoms with van der Waals surface area (Å²) in [6.45, 7) is 2.97. The first kappa shape index (κ1) is 20.0. The number of carbonyl (C=O) groups excluding carboxylic acids is 1. The van der Waals surface area contributed by atoms with Gasteiger partial charge in [0, 0.05) is 55.5 Å². The van der Waals surface area contributed by atoms with Crippen LogP contribution in [-0.2, 0) is 6.61 Å². The van der Waals surface area contributed by atoms with Crippen LogP contribution in [0.1, 0.15) is 5.56 Å². The Morgan fingerprint density at radius 1 is 1.03 bits per heavy atom. The highest BCUT2D eigenvalue weighted by molar-refractivity contribution is 6.30. The van der Waals surface area contributed by atoms with Gasteiger partial charge < -0.3 is 19.9 Å². The van der Waals surface area contributed by atoms with Gasteiger partial charge >= 0.3 is 6.03 Å². The molecule has 2 aromatic heterocycles. The van der Waals surface area contributed by atoms with Crippen molar-refractivity contribution >= 4 is 29.1 Å². The molecule has 1 saturated heterocycles. The van der Waals surface area contributed by atoms with Gasteiger partial charge in [-0.3, -0.25) is 4.98 Å². The summed E-state index contributed by atoms with van der Waals surface area (Å²) in [4.78, 5) is 25.0. The number of piperazine rings is 1. The molecule has 3 aromatic rings. The number of amides is 2. The van der Waals surface area contributed by atoms with Crippen molar-refractivity contribution in [2.45, 2.75) is 6.61 Å². The number of rotatable bonds is 5. The number of aromatic nitrogens is 2. The smallest absolute Gasteiger partial charge is 0.321 e. The second kappa shape index (κ2) is 9.45. The summed E-state index contributed by atoms with van der Waals surface area (Å²) in [7, 11) is 0. The van der Waals surface area contributed by atoms with Gasteiger partial charge in [0.1, 0.15) is 6.61 Å². The maximum absolute atomic E-state index is 12.6. The number of nitrogens with one attached hydrogen (secondary N) is 1. The van der Waals surface area contributed by atoms with Gasteiger partial charge in [-0.25, -0.2) is 9.78 Å². The van der Waals surface area contributed by atoms with Gasteiger partial charge in [-0.1, -0.05) is 17.7 Å². The topological polar surface area (TPSA) is 70.6 Å². The summed E-state index contributed by atoms with van der Waals surface area (Å²) < 4.78 is 6.00. The van der Waals surface area contributed by atoms with E-state index in [0.717, 1.165) is 17.1 Å². The summed E-state index contributed by atoms with van der Waals surface area (Å²) in [5, 5.41) is 3.49. The van der Waals surface area contributed by atoms with E-state index < -0.39 is 0 Å². The molecule has 1 aliphatic rings. The van der Waals surface area contributed by atoms with Gasteiger partial charge in [0.05, 0.1) is 0 Å². The van der Waals surface area contributed by atoms with E-state index >= 15 is 0 Å². The van der Waals surface area contributed by atoms with Crippen LogP contribution in [0.3, 0.4) is 0 Å². The highest BCUT2D eigenvalue weighted by atomic mass is 35.5. The predicted octanol–water partition coefficient (Wildman–Crippen LogP) is 4.06. The second-order valence-electron chi connectivity index (χ2n) is 6.88. The number of halogens is 1. The largest absolute Gasteiger partial charge is 0.485 e. The minimum atomic E-state index is -0.132. The first-order valence-electron chi connectivity index (χ1n) is 9.72. The van der Waals surface area contributed by atoms with Gasteiger partial charge in [-0.2, -0.15) is 0 Å². The molecule has 0 saturated carbocycles. The molecule has 3 heterocycles. The lowest BCUT2D eigenvalue weighted by atomic mass is 10.3. The molecule has 0 aliphatic carbocycles. The van der Waals surface area contributed by atoms with E-state index in [2.05, 4.69) is 20.2 Å². The number of benzene rings is 1. The van der Waals surface area contributed by atoms with Crippen LogP contribution >= 0.6 is 11.6 Å². The molecule has 0 bridgehead atoms.